The Morgan fingerprint density at radius 1 is 1.18 bits per heavy atom. The lowest BCUT2D eigenvalue weighted by molar-refractivity contribution is 0.329. The van der Waals surface area contributed by atoms with Crippen molar-refractivity contribution >= 4 is 5.96 Å². The van der Waals surface area contributed by atoms with Crippen molar-refractivity contribution in [3.05, 3.63) is 35.9 Å². The van der Waals surface area contributed by atoms with E-state index in [0.29, 0.717) is 5.96 Å². The van der Waals surface area contributed by atoms with Gasteiger partial charge >= 0.3 is 0 Å². The van der Waals surface area contributed by atoms with E-state index in [0.717, 1.165) is 13.0 Å². The third-order valence-corrected chi connectivity index (χ3v) is 4.28. The van der Waals surface area contributed by atoms with Gasteiger partial charge in [0.05, 0.1) is 6.04 Å². The lowest BCUT2D eigenvalue weighted by Crippen LogP contribution is -2.34. The molecule has 0 spiro atoms. The van der Waals surface area contributed by atoms with Gasteiger partial charge < -0.3 is 16.0 Å². The summed E-state index contributed by atoms with van der Waals surface area (Å²) < 4.78 is 0. The van der Waals surface area contributed by atoms with Crippen LogP contribution in [0, 0.1) is 0 Å². The first-order chi connectivity index (χ1) is 10.8. The monoisotopic (exact) mass is 302 g/mol. The molecular formula is C18H30N4. The quantitative estimate of drug-likeness (QED) is 0.441. The van der Waals surface area contributed by atoms with Crippen molar-refractivity contribution in [3.8, 4) is 0 Å². The number of likely N-dealkylation sites (tertiary alicyclic amines) is 1. The van der Waals surface area contributed by atoms with Crippen molar-refractivity contribution in [2.45, 2.75) is 45.1 Å². The molecule has 1 fully saturated rings. The number of rotatable bonds is 8. The molecule has 4 heteroatoms. The first kappa shape index (κ1) is 16.8. The molecule has 1 heterocycles. The summed E-state index contributed by atoms with van der Waals surface area (Å²) in [5.74, 6) is 0.552. The molecule has 0 radical (unpaired) electrons. The maximum atomic E-state index is 5.96. The lowest BCUT2D eigenvalue weighted by atomic mass is 10.1. The average Bonchev–Trinajstić information content (AvgIpc) is 3.05. The molecule has 0 bridgehead atoms. The molecule has 0 aliphatic carbocycles. The van der Waals surface area contributed by atoms with Gasteiger partial charge in [0, 0.05) is 6.54 Å². The third kappa shape index (κ3) is 6.06. The normalized spacial score (nSPS) is 17.6. The van der Waals surface area contributed by atoms with Crippen LogP contribution in [0.5, 0.6) is 0 Å². The molecular weight excluding hydrogens is 272 g/mol. The van der Waals surface area contributed by atoms with E-state index in [1.54, 1.807) is 0 Å². The molecule has 0 aromatic heterocycles. The molecule has 1 aliphatic rings. The van der Waals surface area contributed by atoms with E-state index in [9.17, 15) is 0 Å². The second kappa shape index (κ2) is 9.46. The Labute approximate surface area is 134 Å². The van der Waals surface area contributed by atoms with Gasteiger partial charge in [-0.25, -0.2) is 0 Å². The van der Waals surface area contributed by atoms with E-state index in [4.69, 9.17) is 5.73 Å². The molecule has 0 unspecified atom stereocenters. The van der Waals surface area contributed by atoms with Gasteiger partial charge in [-0.15, -0.1) is 0 Å². The van der Waals surface area contributed by atoms with Crippen LogP contribution < -0.4 is 11.1 Å². The van der Waals surface area contributed by atoms with Crippen molar-refractivity contribution in [1.29, 1.82) is 0 Å². The first-order valence-electron chi connectivity index (χ1n) is 8.59. The van der Waals surface area contributed by atoms with Crippen LogP contribution in [0.4, 0.5) is 0 Å². The van der Waals surface area contributed by atoms with Gasteiger partial charge in [-0.05, 0) is 57.8 Å². The molecule has 2 rings (SSSR count). The fraction of sp³-hybridized carbons (Fsp3) is 0.611. The summed E-state index contributed by atoms with van der Waals surface area (Å²) >= 11 is 0. The molecule has 1 aliphatic heterocycles. The number of hydrogen-bond donors (Lipinski definition) is 2. The number of aliphatic imine (C=N–C) groups is 1. The largest absolute Gasteiger partial charge is 0.370 e. The summed E-state index contributed by atoms with van der Waals surface area (Å²) in [5.41, 5.74) is 7.18. The molecule has 4 nitrogen and oxygen atoms in total. The minimum Gasteiger partial charge on any atom is -0.370 e. The van der Waals surface area contributed by atoms with Crippen LogP contribution in [0.15, 0.2) is 35.3 Å². The maximum Gasteiger partial charge on any atom is 0.189 e. The Kier molecular flexibility index (Phi) is 7.23. The van der Waals surface area contributed by atoms with Crippen LogP contribution in [0.1, 0.15) is 50.6 Å². The summed E-state index contributed by atoms with van der Waals surface area (Å²) in [5, 5.41) is 3.25. The van der Waals surface area contributed by atoms with Gasteiger partial charge in [-0.1, -0.05) is 36.8 Å². The smallest absolute Gasteiger partial charge is 0.189 e. The highest BCUT2D eigenvalue weighted by molar-refractivity contribution is 5.78. The fourth-order valence-corrected chi connectivity index (χ4v) is 2.92. The standard InChI is InChI=1S/C18H30N4/c1-16(17-10-4-2-5-11-17)21-18(19)20-12-6-3-7-13-22-14-8-9-15-22/h2,4-5,10-11,16H,3,6-9,12-15H2,1H3,(H3,19,20,21)/t16-/m0/s1. The second-order valence-corrected chi connectivity index (χ2v) is 6.15. The van der Waals surface area contributed by atoms with Crippen LogP contribution in [-0.4, -0.2) is 37.0 Å². The van der Waals surface area contributed by atoms with Gasteiger partial charge in [-0.3, -0.25) is 4.99 Å². The summed E-state index contributed by atoms with van der Waals surface area (Å²) in [6.07, 6.45) is 6.40. The zero-order valence-electron chi connectivity index (χ0n) is 13.8. The molecule has 1 atom stereocenters. The summed E-state index contributed by atoms with van der Waals surface area (Å²) in [6.45, 7) is 6.77. The number of unbranched alkanes of at least 4 members (excludes halogenated alkanes) is 2. The topological polar surface area (TPSA) is 53.6 Å². The Bertz CT molecular complexity index is 438. The maximum absolute atomic E-state index is 5.96. The zero-order valence-corrected chi connectivity index (χ0v) is 13.8. The number of hydrogen-bond acceptors (Lipinski definition) is 2. The third-order valence-electron chi connectivity index (χ3n) is 4.28. The molecule has 3 N–H and O–H groups in total. The molecule has 1 aromatic rings. The van der Waals surface area contributed by atoms with Crippen molar-refractivity contribution in [3.63, 3.8) is 0 Å². The summed E-state index contributed by atoms with van der Waals surface area (Å²) in [4.78, 5) is 7.00. The molecule has 1 saturated heterocycles. The van der Waals surface area contributed by atoms with Crippen LogP contribution >= 0.6 is 0 Å². The molecule has 1 aromatic carbocycles. The predicted molar refractivity (Wildman–Crippen MR) is 94.0 cm³/mol. The van der Waals surface area contributed by atoms with Gasteiger partial charge in [0.1, 0.15) is 0 Å². The fourth-order valence-electron chi connectivity index (χ4n) is 2.92. The van der Waals surface area contributed by atoms with Crippen molar-refractivity contribution in [2.75, 3.05) is 26.2 Å². The Hall–Kier alpha value is -1.55. The first-order valence-corrected chi connectivity index (χ1v) is 8.59. The van der Waals surface area contributed by atoms with E-state index in [-0.39, 0.29) is 6.04 Å². The minimum absolute atomic E-state index is 0.195. The van der Waals surface area contributed by atoms with Gasteiger partial charge in [0.2, 0.25) is 0 Å². The summed E-state index contributed by atoms with van der Waals surface area (Å²) in [7, 11) is 0. The highest BCUT2D eigenvalue weighted by Gasteiger charge is 2.09. The van der Waals surface area contributed by atoms with E-state index >= 15 is 0 Å². The molecule has 22 heavy (non-hydrogen) atoms. The van der Waals surface area contributed by atoms with E-state index < -0.39 is 0 Å². The van der Waals surface area contributed by atoms with Crippen LogP contribution in [0.2, 0.25) is 0 Å². The number of nitrogens with two attached hydrogens (primary N) is 1. The van der Waals surface area contributed by atoms with E-state index in [2.05, 4.69) is 34.3 Å². The average molecular weight is 302 g/mol. The van der Waals surface area contributed by atoms with Crippen LogP contribution in [0.25, 0.3) is 0 Å². The van der Waals surface area contributed by atoms with Gasteiger partial charge in [-0.2, -0.15) is 0 Å². The van der Waals surface area contributed by atoms with Crippen molar-refractivity contribution in [1.82, 2.24) is 10.2 Å². The van der Waals surface area contributed by atoms with Crippen molar-refractivity contribution < 1.29 is 0 Å². The highest BCUT2D eigenvalue weighted by atomic mass is 15.1. The van der Waals surface area contributed by atoms with Gasteiger partial charge in [0.15, 0.2) is 5.96 Å². The van der Waals surface area contributed by atoms with E-state index in [1.165, 1.54) is 50.9 Å². The second-order valence-electron chi connectivity index (χ2n) is 6.15. The highest BCUT2D eigenvalue weighted by Crippen LogP contribution is 2.11. The number of nitrogens with zero attached hydrogens (tertiary/aromatic N) is 2. The number of nitrogens with one attached hydrogen (secondary N) is 1. The Morgan fingerprint density at radius 3 is 2.64 bits per heavy atom. The predicted octanol–water partition coefficient (Wildman–Crippen LogP) is 2.92. The Balaban J connectivity index is 1.57. The van der Waals surface area contributed by atoms with E-state index in [1.807, 2.05) is 18.2 Å². The molecule has 0 saturated carbocycles. The lowest BCUT2D eigenvalue weighted by Gasteiger charge is -2.15. The van der Waals surface area contributed by atoms with Gasteiger partial charge in [0.25, 0.3) is 0 Å². The molecule has 0 amide bonds. The van der Waals surface area contributed by atoms with Crippen molar-refractivity contribution in [2.24, 2.45) is 10.7 Å². The Morgan fingerprint density at radius 2 is 1.91 bits per heavy atom. The SMILES string of the molecule is C[C@H](NC(N)=NCCCCCN1CCCC1)c1ccccc1. The number of guanidine groups is 1. The van der Waals surface area contributed by atoms with Crippen LogP contribution in [0.3, 0.4) is 0 Å². The van der Waals surface area contributed by atoms with Crippen LogP contribution in [-0.2, 0) is 0 Å². The summed E-state index contributed by atoms with van der Waals surface area (Å²) in [6, 6.07) is 10.5. The number of benzene rings is 1. The zero-order chi connectivity index (χ0) is 15.6. The molecule has 122 valence electrons. The minimum atomic E-state index is 0.195.